The Kier molecular flexibility index (Phi) is 3.79. The van der Waals surface area contributed by atoms with Gasteiger partial charge in [-0.1, -0.05) is 54.6 Å². The molecule has 0 saturated carbocycles. The van der Waals surface area contributed by atoms with Crippen LogP contribution in [-0.4, -0.2) is 18.2 Å². The molecule has 0 heterocycles. The molecule has 0 aliphatic carbocycles. The molecule has 1 N–H and O–H groups in total. The number of hydrogen-bond acceptors (Lipinski definition) is 3. The molecule has 0 saturated heterocycles. The lowest BCUT2D eigenvalue weighted by Gasteiger charge is -2.13. The van der Waals surface area contributed by atoms with E-state index in [1.54, 1.807) is 6.07 Å². The highest BCUT2D eigenvalue weighted by molar-refractivity contribution is 6.02. The predicted molar refractivity (Wildman–Crippen MR) is 86.2 cm³/mol. The Morgan fingerprint density at radius 2 is 1.73 bits per heavy atom. The van der Waals surface area contributed by atoms with Gasteiger partial charge >= 0.3 is 5.97 Å². The summed E-state index contributed by atoms with van der Waals surface area (Å²) in [6.45, 7) is 0. The Labute approximate surface area is 128 Å². The number of benzene rings is 3. The van der Waals surface area contributed by atoms with Crippen LogP contribution in [0, 0.1) is 0 Å². The summed E-state index contributed by atoms with van der Waals surface area (Å²) in [6, 6.07) is 19.2. The zero-order valence-corrected chi connectivity index (χ0v) is 12.2. The second-order valence-electron chi connectivity index (χ2n) is 5.13. The smallest absolute Gasteiger partial charge is 0.341 e. The van der Waals surface area contributed by atoms with Crippen LogP contribution < -0.4 is 0 Å². The Morgan fingerprint density at radius 1 is 1.05 bits per heavy atom. The van der Waals surface area contributed by atoms with Crippen molar-refractivity contribution in [1.82, 2.24) is 0 Å². The van der Waals surface area contributed by atoms with Gasteiger partial charge in [0.15, 0.2) is 0 Å². The van der Waals surface area contributed by atoms with Gasteiger partial charge in [-0.2, -0.15) is 0 Å². The molecule has 0 aliphatic rings. The van der Waals surface area contributed by atoms with Crippen molar-refractivity contribution >= 4 is 16.7 Å². The van der Waals surface area contributed by atoms with Crippen molar-refractivity contribution in [1.29, 1.82) is 0 Å². The number of ether oxygens (including phenoxy) is 1. The molecular weight excluding hydrogens is 276 g/mol. The highest BCUT2D eigenvalue weighted by atomic mass is 16.5. The number of fused-ring (bicyclic) bond motifs is 1. The molecule has 3 heteroatoms. The first-order chi connectivity index (χ1) is 10.7. The van der Waals surface area contributed by atoms with Crippen molar-refractivity contribution < 1.29 is 14.6 Å². The minimum Gasteiger partial charge on any atom is -0.506 e. The summed E-state index contributed by atoms with van der Waals surface area (Å²) in [5, 5.41) is 12.1. The summed E-state index contributed by atoms with van der Waals surface area (Å²) in [5.74, 6) is -0.537. The summed E-state index contributed by atoms with van der Waals surface area (Å²) in [6.07, 6.45) is 0.559. The quantitative estimate of drug-likeness (QED) is 0.744. The van der Waals surface area contributed by atoms with Crippen molar-refractivity contribution in [2.24, 2.45) is 0 Å². The SMILES string of the molecule is COC(=O)c1c(Cc2ccccc2)cc2ccccc2c1O. The second kappa shape index (κ2) is 5.90. The molecule has 3 aromatic carbocycles. The molecule has 3 aromatic rings. The van der Waals surface area contributed by atoms with Gasteiger partial charge in [0, 0.05) is 5.39 Å². The molecule has 0 spiro atoms. The largest absolute Gasteiger partial charge is 0.506 e. The van der Waals surface area contributed by atoms with E-state index >= 15 is 0 Å². The molecule has 0 amide bonds. The van der Waals surface area contributed by atoms with Crippen LogP contribution in [0.4, 0.5) is 0 Å². The Morgan fingerprint density at radius 3 is 2.45 bits per heavy atom. The van der Waals surface area contributed by atoms with Crippen LogP contribution in [0.2, 0.25) is 0 Å². The minimum absolute atomic E-state index is 0.0177. The van der Waals surface area contributed by atoms with Gasteiger partial charge in [-0.15, -0.1) is 0 Å². The number of carbonyl (C=O) groups is 1. The summed E-state index contributed by atoms with van der Waals surface area (Å²) in [5.41, 5.74) is 2.07. The van der Waals surface area contributed by atoms with Gasteiger partial charge in [-0.05, 0) is 29.0 Å². The topological polar surface area (TPSA) is 46.5 Å². The van der Waals surface area contributed by atoms with Crippen LogP contribution >= 0.6 is 0 Å². The highest BCUT2D eigenvalue weighted by Gasteiger charge is 2.20. The van der Waals surface area contributed by atoms with Crippen LogP contribution in [0.25, 0.3) is 10.8 Å². The van der Waals surface area contributed by atoms with Gasteiger partial charge in [0.25, 0.3) is 0 Å². The maximum absolute atomic E-state index is 12.1. The number of methoxy groups -OCH3 is 1. The van der Waals surface area contributed by atoms with E-state index in [0.29, 0.717) is 11.8 Å². The third kappa shape index (κ3) is 2.53. The van der Waals surface area contributed by atoms with Crippen molar-refractivity contribution in [3.05, 3.63) is 77.4 Å². The third-order valence-corrected chi connectivity index (χ3v) is 3.73. The molecule has 110 valence electrons. The maximum Gasteiger partial charge on any atom is 0.341 e. The average Bonchev–Trinajstić information content (AvgIpc) is 2.55. The molecule has 0 atom stereocenters. The van der Waals surface area contributed by atoms with E-state index in [1.165, 1.54) is 7.11 Å². The number of hydrogen-bond donors (Lipinski definition) is 1. The minimum atomic E-state index is -0.519. The van der Waals surface area contributed by atoms with E-state index in [2.05, 4.69) is 0 Å². The van der Waals surface area contributed by atoms with Gasteiger partial charge in [0.2, 0.25) is 0 Å². The first-order valence-electron chi connectivity index (χ1n) is 7.06. The van der Waals surface area contributed by atoms with Crippen molar-refractivity contribution in [2.45, 2.75) is 6.42 Å². The first-order valence-corrected chi connectivity index (χ1v) is 7.06. The Hall–Kier alpha value is -2.81. The van der Waals surface area contributed by atoms with E-state index in [1.807, 2.05) is 54.6 Å². The third-order valence-electron chi connectivity index (χ3n) is 3.73. The maximum atomic E-state index is 12.1. The molecule has 0 bridgehead atoms. The number of esters is 1. The summed E-state index contributed by atoms with van der Waals surface area (Å²) >= 11 is 0. The lowest BCUT2D eigenvalue weighted by Crippen LogP contribution is -2.07. The number of phenols is 1. The number of phenolic OH excluding ortho intramolecular Hbond substituents is 1. The average molecular weight is 292 g/mol. The monoisotopic (exact) mass is 292 g/mol. The van der Waals surface area contributed by atoms with Crippen LogP contribution in [-0.2, 0) is 11.2 Å². The summed E-state index contributed by atoms with van der Waals surface area (Å²) in [7, 11) is 1.32. The normalized spacial score (nSPS) is 10.6. The van der Waals surface area contributed by atoms with E-state index in [4.69, 9.17) is 4.74 Å². The van der Waals surface area contributed by atoms with Crippen LogP contribution in [0.5, 0.6) is 5.75 Å². The number of rotatable bonds is 3. The lowest BCUT2D eigenvalue weighted by atomic mass is 9.94. The molecule has 0 radical (unpaired) electrons. The molecule has 3 rings (SSSR count). The van der Waals surface area contributed by atoms with Gasteiger partial charge < -0.3 is 9.84 Å². The Balaban J connectivity index is 2.20. The van der Waals surface area contributed by atoms with E-state index in [9.17, 15) is 9.90 Å². The van der Waals surface area contributed by atoms with Crippen molar-refractivity contribution in [3.8, 4) is 5.75 Å². The predicted octanol–water partition coefficient (Wildman–Crippen LogP) is 3.92. The lowest BCUT2D eigenvalue weighted by molar-refractivity contribution is 0.0596. The molecular formula is C19H16O3. The van der Waals surface area contributed by atoms with Gasteiger partial charge in [0.1, 0.15) is 11.3 Å². The zero-order chi connectivity index (χ0) is 15.5. The number of carbonyl (C=O) groups excluding carboxylic acids is 1. The molecule has 0 unspecified atom stereocenters. The fraction of sp³-hybridized carbons (Fsp3) is 0.105. The van der Waals surface area contributed by atoms with Gasteiger partial charge in [-0.3, -0.25) is 0 Å². The zero-order valence-electron chi connectivity index (χ0n) is 12.2. The fourth-order valence-corrected chi connectivity index (χ4v) is 2.67. The van der Waals surface area contributed by atoms with Gasteiger partial charge in [0.05, 0.1) is 7.11 Å². The second-order valence-corrected chi connectivity index (χ2v) is 5.13. The molecule has 3 nitrogen and oxygen atoms in total. The highest BCUT2D eigenvalue weighted by Crippen LogP contribution is 2.33. The van der Waals surface area contributed by atoms with Crippen molar-refractivity contribution in [3.63, 3.8) is 0 Å². The first kappa shape index (κ1) is 14.1. The van der Waals surface area contributed by atoms with E-state index in [0.717, 1.165) is 16.5 Å². The van der Waals surface area contributed by atoms with Crippen molar-refractivity contribution in [2.75, 3.05) is 7.11 Å². The summed E-state index contributed by atoms with van der Waals surface area (Å²) < 4.78 is 4.85. The molecule has 0 fully saturated rings. The molecule has 22 heavy (non-hydrogen) atoms. The van der Waals surface area contributed by atoms with E-state index in [-0.39, 0.29) is 11.3 Å². The van der Waals surface area contributed by atoms with Crippen LogP contribution in [0.3, 0.4) is 0 Å². The van der Waals surface area contributed by atoms with Gasteiger partial charge in [-0.25, -0.2) is 4.79 Å². The van der Waals surface area contributed by atoms with Crippen LogP contribution in [0.1, 0.15) is 21.5 Å². The van der Waals surface area contributed by atoms with Crippen LogP contribution in [0.15, 0.2) is 60.7 Å². The summed E-state index contributed by atoms with van der Waals surface area (Å²) in [4.78, 5) is 12.1. The molecule has 0 aromatic heterocycles. The fourth-order valence-electron chi connectivity index (χ4n) is 2.67. The standard InChI is InChI=1S/C19H16O3/c1-22-19(21)17-15(11-13-7-3-2-4-8-13)12-14-9-5-6-10-16(14)18(17)20/h2-10,12,20H,11H2,1H3. The number of aromatic hydroxyl groups is 1. The Bertz CT molecular complexity index is 823. The van der Waals surface area contributed by atoms with E-state index < -0.39 is 5.97 Å². The molecule has 0 aliphatic heterocycles.